The Morgan fingerprint density at radius 3 is 2.59 bits per heavy atom. The van der Waals surface area contributed by atoms with Crippen molar-refractivity contribution in [3.05, 3.63) is 42.2 Å². The molecule has 2 aromatic rings. The number of anilines is 2. The average molecular weight is 461 g/mol. The van der Waals surface area contributed by atoms with Crippen molar-refractivity contribution < 1.29 is 27.5 Å². The number of sulfonamides is 1. The first-order chi connectivity index (χ1) is 15.2. The van der Waals surface area contributed by atoms with Crippen molar-refractivity contribution in [2.75, 3.05) is 23.9 Å². The van der Waals surface area contributed by atoms with E-state index in [0.29, 0.717) is 24.2 Å². The van der Waals surface area contributed by atoms with Gasteiger partial charge in [0, 0.05) is 13.2 Å². The molecule has 1 spiro atoms. The average Bonchev–Trinajstić information content (AvgIpc) is 3.41. The molecule has 1 fully saturated rings. The van der Waals surface area contributed by atoms with Crippen molar-refractivity contribution in [1.82, 2.24) is 9.29 Å². The number of ether oxygens (including phenoxy) is 1. The van der Waals surface area contributed by atoms with Gasteiger partial charge in [-0.05, 0) is 38.1 Å². The molecule has 0 unspecified atom stereocenters. The van der Waals surface area contributed by atoms with Crippen LogP contribution in [0.5, 0.6) is 0 Å². The van der Waals surface area contributed by atoms with Crippen molar-refractivity contribution in [3.63, 3.8) is 0 Å². The fourth-order valence-electron chi connectivity index (χ4n) is 4.40. The van der Waals surface area contributed by atoms with Crippen molar-refractivity contribution >= 4 is 39.2 Å². The van der Waals surface area contributed by atoms with Crippen LogP contribution in [-0.2, 0) is 31.4 Å². The molecular weight excluding hydrogens is 436 g/mol. The number of aryl methyl sites for hydroxylation is 1. The highest BCUT2D eigenvalue weighted by Crippen LogP contribution is 2.45. The number of rotatable bonds is 5. The molecular formula is C21H24N4O6S. The van der Waals surface area contributed by atoms with Crippen molar-refractivity contribution in [2.45, 2.75) is 36.1 Å². The van der Waals surface area contributed by atoms with E-state index in [2.05, 4.69) is 10.0 Å². The maximum absolute atomic E-state index is 13.3. The zero-order chi connectivity index (χ0) is 23.1. The predicted molar refractivity (Wildman–Crippen MR) is 116 cm³/mol. The molecule has 4 rings (SSSR count). The molecule has 0 bridgehead atoms. The lowest BCUT2D eigenvalue weighted by Gasteiger charge is -2.44. The highest BCUT2D eigenvalue weighted by atomic mass is 32.2. The molecule has 170 valence electrons. The van der Waals surface area contributed by atoms with E-state index in [1.54, 1.807) is 24.3 Å². The number of aromatic nitrogens is 1. The summed E-state index contributed by atoms with van der Waals surface area (Å²) in [6.45, 7) is -0.582. The number of benzene rings is 1. The van der Waals surface area contributed by atoms with Gasteiger partial charge in [0.2, 0.25) is 10.0 Å². The third-order valence-electron chi connectivity index (χ3n) is 6.02. The van der Waals surface area contributed by atoms with Gasteiger partial charge in [-0.15, -0.1) is 0 Å². The summed E-state index contributed by atoms with van der Waals surface area (Å²) in [5, 5.41) is 2.89. The Bertz CT molecular complexity index is 1200. The van der Waals surface area contributed by atoms with Gasteiger partial charge in [0.25, 0.3) is 11.8 Å². The number of carbonyl (C=O) groups is 3. The second kappa shape index (κ2) is 8.06. The molecule has 2 N–H and O–H groups in total. The Hall–Kier alpha value is -3.18. The molecule has 11 heteroatoms. The molecule has 0 saturated heterocycles. The molecule has 1 saturated carbocycles. The normalized spacial score (nSPS) is 17.2. The van der Waals surface area contributed by atoms with Gasteiger partial charge in [0.05, 0.1) is 11.4 Å². The predicted octanol–water partition coefficient (Wildman–Crippen LogP) is 1.39. The van der Waals surface area contributed by atoms with Crippen LogP contribution in [0.2, 0.25) is 0 Å². The number of nitrogens with one attached hydrogen (secondary N) is 2. The molecule has 1 aliphatic carbocycles. The number of amides is 2. The minimum atomic E-state index is -3.73. The largest absolute Gasteiger partial charge is 0.451 e. The quantitative estimate of drug-likeness (QED) is 0.649. The number of hydrogen-bond donors (Lipinski definition) is 2. The van der Waals surface area contributed by atoms with Crippen LogP contribution in [0.4, 0.5) is 11.4 Å². The lowest BCUT2D eigenvalue weighted by molar-refractivity contribution is -0.129. The van der Waals surface area contributed by atoms with Crippen molar-refractivity contribution in [2.24, 2.45) is 7.05 Å². The van der Waals surface area contributed by atoms with Crippen LogP contribution in [0.1, 0.15) is 36.2 Å². The van der Waals surface area contributed by atoms with Gasteiger partial charge >= 0.3 is 5.97 Å². The van der Waals surface area contributed by atoms with E-state index in [0.717, 1.165) is 12.8 Å². The van der Waals surface area contributed by atoms with E-state index in [-0.39, 0.29) is 16.5 Å². The van der Waals surface area contributed by atoms with Gasteiger partial charge in [0.1, 0.15) is 16.1 Å². The Kier molecular flexibility index (Phi) is 5.55. The molecule has 2 aliphatic rings. The first-order valence-corrected chi connectivity index (χ1v) is 11.7. The van der Waals surface area contributed by atoms with E-state index < -0.39 is 34.0 Å². The summed E-state index contributed by atoms with van der Waals surface area (Å²) in [5.74, 6) is -1.59. The topological polar surface area (TPSA) is 127 Å². The molecule has 2 heterocycles. The lowest BCUT2D eigenvalue weighted by Crippen LogP contribution is -2.61. The van der Waals surface area contributed by atoms with E-state index in [1.165, 1.54) is 35.8 Å². The van der Waals surface area contributed by atoms with Gasteiger partial charge in [-0.1, -0.05) is 25.0 Å². The molecule has 2 amide bonds. The zero-order valence-corrected chi connectivity index (χ0v) is 18.6. The van der Waals surface area contributed by atoms with Gasteiger partial charge in [-0.25, -0.2) is 17.9 Å². The SMILES string of the molecule is CNS(=O)(=O)c1cc(C(=O)OCC(=O)N2c3ccccc3NC(=O)C23CCCC3)n(C)c1. The summed E-state index contributed by atoms with van der Waals surface area (Å²) in [4.78, 5) is 40.2. The fraction of sp³-hybridized carbons (Fsp3) is 0.381. The fourth-order valence-corrected chi connectivity index (χ4v) is 5.20. The Balaban J connectivity index is 1.57. The lowest BCUT2D eigenvalue weighted by atomic mass is 9.90. The second-order valence-electron chi connectivity index (χ2n) is 7.89. The highest BCUT2D eigenvalue weighted by Gasteiger charge is 2.52. The van der Waals surface area contributed by atoms with E-state index in [4.69, 9.17) is 4.74 Å². The maximum Gasteiger partial charge on any atom is 0.355 e. The van der Waals surface area contributed by atoms with Crippen LogP contribution in [0.25, 0.3) is 0 Å². The summed E-state index contributed by atoms with van der Waals surface area (Å²) in [7, 11) is -0.961. The van der Waals surface area contributed by atoms with E-state index in [1.807, 2.05) is 0 Å². The number of para-hydroxylation sites is 2. The molecule has 1 aromatic heterocycles. The van der Waals surface area contributed by atoms with E-state index >= 15 is 0 Å². The third kappa shape index (κ3) is 3.56. The Labute approximate surface area is 185 Å². The van der Waals surface area contributed by atoms with Crippen LogP contribution < -0.4 is 14.9 Å². The summed E-state index contributed by atoms with van der Waals surface area (Å²) >= 11 is 0. The monoisotopic (exact) mass is 460 g/mol. The Morgan fingerprint density at radius 1 is 1.22 bits per heavy atom. The van der Waals surface area contributed by atoms with Crippen molar-refractivity contribution in [3.8, 4) is 0 Å². The zero-order valence-electron chi connectivity index (χ0n) is 17.8. The highest BCUT2D eigenvalue weighted by molar-refractivity contribution is 7.89. The van der Waals surface area contributed by atoms with Crippen LogP contribution in [0.3, 0.4) is 0 Å². The molecule has 1 aromatic carbocycles. The van der Waals surface area contributed by atoms with Crippen LogP contribution in [0.15, 0.2) is 41.4 Å². The van der Waals surface area contributed by atoms with Gasteiger partial charge in [0.15, 0.2) is 6.61 Å². The third-order valence-corrected chi connectivity index (χ3v) is 7.40. The van der Waals surface area contributed by atoms with Crippen molar-refractivity contribution in [1.29, 1.82) is 0 Å². The van der Waals surface area contributed by atoms with Gasteiger partial charge in [-0.3, -0.25) is 14.5 Å². The number of nitrogens with zero attached hydrogens (tertiary/aromatic N) is 2. The molecule has 0 atom stereocenters. The first kappa shape index (κ1) is 22.0. The smallest absolute Gasteiger partial charge is 0.355 e. The minimum absolute atomic E-state index is 0.0148. The van der Waals surface area contributed by atoms with Gasteiger partial charge < -0.3 is 14.6 Å². The standard InChI is InChI=1S/C21H24N4O6S/c1-22-32(29,30)14-11-17(24(2)12-14)19(27)31-13-18(26)25-16-8-4-3-7-15(16)23-20(28)21(25)9-5-6-10-21/h3-4,7-8,11-12,22H,5-6,9-10,13H2,1-2H3,(H,23,28). The van der Waals surface area contributed by atoms with Gasteiger partial charge in [-0.2, -0.15) is 0 Å². The number of esters is 1. The van der Waals surface area contributed by atoms with E-state index in [9.17, 15) is 22.8 Å². The number of carbonyl (C=O) groups excluding carboxylic acids is 3. The number of hydrogen-bond acceptors (Lipinski definition) is 6. The minimum Gasteiger partial charge on any atom is -0.451 e. The Morgan fingerprint density at radius 2 is 1.91 bits per heavy atom. The second-order valence-corrected chi connectivity index (χ2v) is 9.78. The number of fused-ring (bicyclic) bond motifs is 1. The van der Waals surface area contributed by atoms with Crippen LogP contribution >= 0.6 is 0 Å². The van der Waals surface area contributed by atoms with Crippen LogP contribution in [0, 0.1) is 0 Å². The summed E-state index contributed by atoms with van der Waals surface area (Å²) < 4.78 is 32.7. The summed E-state index contributed by atoms with van der Waals surface area (Å²) in [6.07, 6.45) is 3.95. The maximum atomic E-state index is 13.3. The molecule has 32 heavy (non-hydrogen) atoms. The molecule has 10 nitrogen and oxygen atoms in total. The molecule has 1 aliphatic heterocycles. The van der Waals surface area contributed by atoms with Crippen LogP contribution in [-0.4, -0.2) is 50.0 Å². The first-order valence-electron chi connectivity index (χ1n) is 10.2. The molecule has 0 radical (unpaired) electrons. The summed E-state index contributed by atoms with van der Waals surface area (Å²) in [5.41, 5.74) is 0.0750. The summed E-state index contributed by atoms with van der Waals surface area (Å²) in [6, 6.07) is 8.19.